The lowest BCUT2D eigenvalue weighted by Crippen LogP contribution is -2.48. The number of hydrogen-bond acceptors (Lipinski definition) is 5. The van der Waals surface area contributed by atoms with Gasteiger partial charge in [-0.05, 0) is 36.3 Å². The van der Waals surface area contributed by atoms with Crippen LogP contribution in [0.25, 0.3) is 0 Å². The van der Waals surface area contributed by atoms with Crippen LogP contribution in [-0.4, -0.2) is 45.0 Å². The number of nitrogens with one attached hydrogen (secondary N) is 1. The zero-order chi connectivity index (χ0) is 26.1. The zero-order valence-electron chi connectivity index (χ0n) is 22.9. The Hall–Kier alpha value is -1.45. The van der Waals surface area contributed by atoms with Crippen LogP contribution in [0.2, 0.25) is 36.3 Å². The van der Waals surface area contributed by atoms with Gasteiger partial charge in [0.1, 0.15) is 17.9 Å². The lowest BCUT2D eigenvalue weighted by atomic mass is 10.2. The first kappa shape index (κ1) is 28.8. The van der Waals surface area contributed by atoms with Gasteiger partial charge in [0.05, 0.1) is 12.7 Å². The van der Waals surface area contributed by atoms with Crippen LogP contribution in [0.5, 0.6) is 0 Å². The maximum atomic E-state index is 12.7. The largest absolute Gasteiger partial charge is 0.414 e. The molecule has 9 heteroatoms. The van der Waals surface area contributed by atoms with E-state index in [1.807, 2.05) is 6.92 Å². The average Bonchev–Trinajstić information content (AvgIpc) is 3.05. The van der Waals surface area contributed by atoms with Crippen molar-refractivity contribution in [1.82, 2.24) is 9.55 Å². The molecule has 1 aromatic rings. The van der Waals surface area contributed by atoms with Crippen LogP contribution < -0.4 is 11.2 Å². The lowest BCUT2D eigenvalue weighted by Gasteiger charge is -2.40. The highest BCUT2D eigenvalue weighted by Crippen LogP contribution is 2.42. The van der Waals surface area contributed by atoms with Crippen molar-refractivity contribution in [3.8, 4) is 11.8 Å². The second-order valence-electron chi connectivity index (χ2n) is 12.2. The molecular weight excluding hydrogens is 464 g/mol. The van der Waals surface area contributed by atoms with Gasteiger partial charge in [-0.3, -0.25) is 14.3 Å². The molecule has 1 aliphatic heterocycles. The summed E-state index contributed by atoms with van der Waals surface area (Å²) in [6.07, 6.45) is 1.55. The molecule has 1 N–H and O–H groups in total. The van der Waals surface area contributed by atoms with Crippen molar-refractivity contribution in [1.29, 1.82) is 0 Å². The molecule has 1 aliphatic rings. The summed E-state index contributed by atoms with van der Waals surface area (Å²) in [6.45, 7) is 24.4. The summed E-state index contributed by atoms with van der Waals surface area (Å²) in [5, 5.41) is 0.108. The molecule has 0 amide bonds. The third kappa shape index (κ3) is 6.61. The summed E-state index contributed by atoms with van der Waals surface area (Å²) in [7, 11) is -4.10. The molecule has 1 fully saturated rings. The van der Waals surface area contributed by atoms with Crippen molar-refractivity contribution in [2.24, 2.45) is 0 Å². The van der Waals surface area contributed by atoms with Crippen LogP contribution in [-0.2, 0) is 13.6 Å². The van der Waals surface area contributed by atoms with Crippen molar-refractivity contribution in [2.75, 3.05) is 6.61 Å². The van der Waals surface area contributed by atoms with E-state index < -0.39 is 34.1 Å². The molecule has 3 atom stereocenters. The van der Waals surface area contributed by atoms with E-state index in [0.29, 0.717) is 19.4 Å². The van der Waals surface area contributed by atoms with Crippen LogP contribution in [0.3, 0.4) is 0 Å². The maximum Gasteiger partial charge on any atom is 0.330 e. The maximum absolute atomic E-state index is 12.7. The standard InChI is InChI=1S/C25H44N2O5Si2/c1-12-13-14-18-16-27(23(29)26-22(18)28)21-15-19(32-34(10,11)25(5,6)7)20(31-21)17-30-33(8,9)24(2,3)4/h16,19-21H,12,15,17H2,1-11H3,(H,26,28,29)/t19-,20-,21-/m1/s1. The quantitative estimate of drug-likeness (QED) is 0.432. The highest BCUT2D eigenvalue weighted by atomic mass is 28.4. The van der Waals surface area contributed by atoms with Gasteiger partial charge in [0.2, 0.25) is 0 Å². The Morgan fingerprint density at radius 1 is 1.09 bits per heavy atom. The van der Waals surface area contributed by atoms with Gasteiger partial charge in [0, 0.05) is 19.0 Å². The first-order valence-electron chi connectivity index (χ1n) is 12.2. The van der Waals surface area contributed by atoms with E-state index in [0.717, 1.165) is 0 Å². The fraction of sp³-hybridized carbons (Fsp3) is 0.760. The molecule has 2 rings (SSSR count). The topological polar surface area (TPSA) is 82.6 Å². The Morgan fingerprint density at radius 2 is 1.68 bits per heavy atom. The van der Waals surface area contributed by atoms with Crippen LogP contribution in [0.4, 0.5) is 0 Å². The van der Waals surface area contributed by atoms with E-state index in [1.165, 1.54) is 10.8 Å². The summed E-state index contributed by atoms with van der Waals surface area (Å²) in [5.74, 6) is 5.74. The SMILES string of the molecule is CCC#Cc1cn([C@H]2C[C@@H](O[Si](C)(C)C(C)(C)C)[C@@H](CO[Si](C)(C)C(C)(C)C)O2)c(=O)[nH]c1=O. The number of ether oxygens (including phenoxy) is 1. The molecule has 0 unspecified atom stereocenters. The van der Waals surface area contributed by atoms with Crippen LogP contribution in [0.1, 0.15) is 73.1 Å². The number of nitrogens with zero attached hydrogens (tertiary/aromatic N) is 1. The van der Waals surface area contributed by atoms with E-state index in [9.17, 15) is 9.59 Å². The Labute approximate surface area is 206 Å². The molecule has 1 saturated heterocycles. The van der Waals surface area contributed by atoms with Crippen molar-refractivity contribution in [2.45, 2.75) is 116 Å². The highest BCUT2D eigenvalue weighted by Gasteiger charge is 2.46. The van der Waals surface area contributed by atoms with E-state index in [-0.39, 0.29) is 27.8 Å². The molecule has 0 spiro atoms. The number of hydrogen-bond donors (Lipinski definition) is 1. The predicted molar refractivity (Wildman–Crippen MR) is 142 cm³/mol. The summed E-state index contributed by atoms with van der Waals surface area (Å²) >= 11 is 0. The molecule has 7 nitrogen and oxygen atoms in total. The smallest absolute Gasteiger partial charge is 0.330 e. The molecular formula is C25H44N2O5Si2. The predicted octanol–water partition coefficient (Wildman–Crippen LogP) is 5.00. The minimum Gasteiger partial charge on any atom is -0.414 e. The van der Waals surface area contributed by atoms with E-state index in [2.05, 4.69) is 84.6 Å². The number of aromatic amines is 1. The van der Waals surface area contributed by atoms with Gasteiger partial charge in [-0.1, -0.05) is 60.3 Å². The summed E-state index contributed by atoms with van der Waals surface area (Å²) in [6, 6.07) is 0. The number of H-pyrrole nitrogens is 1. The van der Waals surface area contributed by atoms with Gasteiger partial charge >= 0.3 is 5.69 Å². The van der Waals surface area contributed by atoms with E-state index in [4.69, 9.17) is 13.6 Å². The normalized spacial score (nSPS) is 21.9. The molecule has 0 aromatic carbocycles. The average molecular weight is 509 g/mol. The zero-order valence-corrected chi connectivity index (χ0v) is 24.9. The highest BCUT2D eigenvalue weighted by molar-refractivity contribution is 6.74. The van der Waals surface area contributed by atoms with Gasteiger partial charge in [-0.25, -0.2) is 4.79 Å². The minimum atomic E-state index is -2.10. The third-order valence-corrected chi connectivity index (χ3v) is 16.5. The van der Waals surface area contributed by atoms with Gasteiger partial charge in [0.15, 0.2) is 16.6 Å². The Morgan fingerprint density at radius 3 is 2.21 bits per heavy atom. The fourth-order valence-corrected chi connectivity index (χ4v) is 5.55. The number of rotatable bonds is 6. The molecule has 0 bridgehead atoms. The lowest BCUT2D eigenvalue weighted by molar-refractivity contribution is -0.0412. The summed E-state index contributed by atoms with van der Waals surface area (Å²) < 4.78 is 21.1. The van der Waals surface area contributed by atoms with Crippen LogP contribution in [0.15, 0.2) is 15.8 Å². The van der Waals surface area contributed by atoms with Crippen molar-refractivity contribution in [3.05, 3.63) is 32.6 Å². The van der Waals surface area contributed by atoms with Crippen molar-refractivity contribution < 1.29 is 13.6 Å². The van der Waals surface area contributed by atoms with Crippen molar-refractivity contribution in [3.63, 3.8) is 0 Å². The van der Waals surface area contributed by atoms with Crippen LogP contribution in [0, 0.1) is 11.8 Å². The third-order valence-electron chi connectivity index (χ3n) is 7.53. The van der Waals surface area contributed by atoms with Gasteiger partial charge in [-0.2, -0.15) is 0 Å². The molecule has 1 aromatic heterocycles. The second-order valence-corrected chi connectivity index (χ2v) is 21.8. The van der Waals surface area contributed by atoms with Gasteiger partial charge < -0.3 is 13.6 Å². The number of aromatic nitrogens is 2. The summed E-state index contributed by atoms with van der Waals surface area (Å²) in [4.78, 5) is 27.3. The molecule has 0 radical (unpaired) electrons. The molecule has 0 saturated carbocycles. The first-order chi connectivity index (χ1) is 15.4. The molecule has 34 heavy (non-hydrogen) atoms. The first-order valence-corrected chi connectivity index (χ1v) is 18.0. The van der Waals surface area contributed by atoms with Gasteiger partial charge in [-0.15, -0.1) is 0 Å². The molecule has 0 aliphatic carbocycles. The van der Waals surface area contributed by atoms with E-state index >= 15 is 0 Å². The minimum absolute atomic E-state index is 0.0354. The summed E-state index contributed by atoms with van der Waals surface area (Å²) in [5.41, 5.74) is -0.728. The second kappa shape index (κ2) is 10.3. The Balaban J connectivity index is 2.39. The van der Waals surface area contributed by atoms with Crippen molar-refractivity contribution >= 4 is 16.6 Å². The fourth-order valence-electron chi connectivity index (χ4n) is 3.18. The monoisotopic (exact) mass is 508 g/mol. The molecule has 192 valence electrons. The molecule has 2 heterocycles. The van der Waals surface area contributed by atoms with Gasteiger partial charge in [0.25, 0.3) is 5.56 Å². The Kier molecular flexibility index (Phi) is 8.70. The van der Waals surface area contributed by atoms with Crippen LogP contribution >= 0.6 is 0 Å². The van der Waals surface area contributed by atoms with E-state index in [1.54, 1.807) is 0 Å². The Bertz CT molecular complexity index is 1030.